The predicted molar refractivity (Wildman–Crippen MR) is 67.5 cm³/mol. The molecule has 2 aromatic heterocycles. The van der Waals surface area contributed by atoms with Crippen LogP contribution in [0, 0.1) is 11.6 Å². The molecule has 0 radical (unpaired) electrons. The molecular formula is C13H8F2N4O2. The highest BCUT2D eigenvalue weighted by Crippen LogP contribution is 2.21. The van der Waals surface area contributed by atoms with Crippen LogP contribution in [0.3, 0.4) is 0 Å². The number of carboxylic acid groups (broad SMARTS) is 1. The molecule has 106 valence electrons. The summed E-state index contributed by atoms with van der Waals surface area (Å²) in [5, 5.41) is 12.7. The van der Waals surface area contributed by atoms with Gasteiger partial charge in [-0.2, -0.15) is 9.50 Å². The van der Waals surface area contributed by atoms with Gasteiger partial charge in [0.05, 0.1) is 5.69 Å². The van der Waals surface area contributed by atoms with Gasteiger partial charge in [-0.05, 0) is 18.2 Å². The summed E-state index contributed by atoms with van der Waals surface area (Å²) in [4.78, 5) is 18.6. The van der Waals surface area contributed by atoms with E-state index in [-0.39, 0.29) is 23.6 Å². The maximum absolute atomic E-state index is 13.3. The van der Waals surface area contributed by atoms with E-state index in [2.05, 4.69) is 15.1 Å². The molecule has 1 aromatic carbocycles. The SMILES string of the molecule is O=C(O)Cc1nc2nccc(-c3cc(F)cc(F)c3)n2n1. The highest BCUT2D eigenvalue weighted by atomic mass is 19.1. The minimum absolute atomic E-state index is 0.0688. The van der Waals surface area contributed by atoms with Gasteiger partial charge in [0, 0.05) is 17.8 Å². The summed E-state index contributed by atoms with van der Waals surface area (Å²) in [5.41, 5.74) is 0.620. The molecule has 0 aliphatic carbocycles. The van der Waals surface area contributed by atoms with Crippen molar-refractivity contribution in [3.05, 3.63) is 47.9 Å². The summed E-state index contributed by atoms with van der Waals surface area (Å²) in [7, 11) is 0. The van der Waals surface area contributed by atoms with Crippen LogP contribution in [0.5, 0.6) is 0 Å². The Bertz CT molecular complexity index is 827. The Morgan fingerprint density at radius 2 is 1.95 bits per heavy atom. The van der Waals surface area contributed by atoms with Gasteiger partial charge in [0.25, 0.3) is 5.78 Å². The average Bonchev–Trinajstić information content (AvgIpc) is 2.78. The van der Waals surface area contributed by atoms with Crippen molar-refractivity contribution >= 4 is 11.7 Å². The molecule has 3 rings (SSSR count). The molecule has 0 spiro atoms. The van der Waals surface area contributed by atoms with Crippen molar-refractivity contribution in [1.29, 1.82) is 0 Å². The number of benzene rings is 1. The van der Waals surface area contributed by atoms with Gasteiger partial charge in [-0.25, -0.2) is 13.8 Å². The van der Waals surface area contributed by atoms with Gasteiger partial charge in [-0.15, -0.1) is 5.10 Å². The molecule has 0 saturated heterocycles. The lowest BCUT2D eigenvalue weighted by molar-refractivity contribution is -0.136. The minimum Gasteiger partial charge on any atom is -0.481 e. The summed E-state index contributed by atoms with van der Waals surface area (Å²) in [5.74, 6) is -2.29. The molecular weight excluding hydrogens is 282 g/mol. The van der Waals surface area contributed by atoms with E-state index in [4.69, 9.17) is 5.11 Å². The second-order valence-corrected chi connectivity index (χ2v) is 4.30. The van der Waals surface area contributed by atoms with E-state index in [0.29, 0.717) is 5.69 Å². The van der Waals surface area contributed by atoms with Gasteiger partial charge in [-0.3, -0.25) is 4.79 Å². The molecule has 0 aliphatic rings. The number of nitrogens with zero attached hydrogens (tertiary/aromatic N) is 4. The number of rotatable bonds is 3. The van der Waals surface area contributed by atoms with Crippen molar-refractivity contribution in [2.45, 2.75) is 6.42 Å². The summed E-state index contributed by atoms with van der Waals surface area (Å²) < 4.78 is 27.9. The molecule has 6 nitrogen and oxygen atoms in total. The van der Waals surface area contributed by atoms with Crippen molar-refractivity contribution in [3.63, 3.8) is 0 Å². The zero-order valence-electron chi connectivity index (χ0n) is 10.5. The normalized spacial score (nSPS) is 11.0. The van der Waals surface area contributed by atoms with Gasteiger partial charge in [0.1, 0.15) is 18.1 Å². The molecule has 0 unspecified atom stereocenters. The second kappa shape index (κ2) is 4.89. The quantitative estimate of drug-likeness (QED) is 0.794. The fourth-order valence-electron chi connectivity index (χ4n) is 1.97. The lowest BCUT2D eigenvalue weighted by atomic mass is 10.1. The number of fused-ring (bicyclic) bond motifs is 1. The second-order valence-electron chi connectivity index (χ2n) is 4.30. The van der Waals surface area contributed by atoms with Crippen LogP contribution in [0.25, 0.3) is 17.0 Å². The minimum atomic E-state index is -1.08. The van der Waals surface area contributed by atoms with Crippen molar-refractivity contribution in [2.75, 3.05) is 0 Å². The Morgan fingerprint density at radius 1 is 1.24 bits per heavy atom. The predicted octanol–water partition coefficient (Wildman–Crippen LogP) is 1.70. The van der Waals surface area contributed by atoms with Gasteiger partial charge in [0.2, 0.25) is 0 Å². The molecule has 0 aliphatic heterocycles. The van der Waals surface area contributed by atoms with E-state index < -0.39 is 17.6 Å². The smallest absolute Gasteiger partial charge is 0.311 e. The lowest BCUT2D eigenvalue weighted by Crippen LogP contribution is -2.02. The maximum atomic E-state index is 13.3. The summed E-state index contributed by atoms with van der Waals surface area (Å²) >= 11 is 0. The molecule has 21 heavy (non-hydrogen) atoms. The molecule has 0 saturated carbocycles. The van der Waals surface area contributed by atoms with Crippen LogP contribution in [-0.2, 0) is 11.2 Å². The Kier molecular flexibility index (Phi) is 3.05. The van der Waals surface area contributed by atoms with Crippen LogP contribution in [0.15, 0.2) is 30.5 Å². The number of carbonyl (C=O) groups is 1. The first-order chi connectivity index (χ1) is 10.0. The number of aromatic nitrogens is 4. The first-order valence-electron chi connectivity index (χ1n) is 5.92. The zero-order chi connectivity index (χ0) is 15.0. The van der Waals surface area contributed by atoms with E-state index in [1.165, 1.54) is 16.8 Å². The summed E-state index contributed by atoms with van der Waals surface area (Å²) in [6, 6.07) is 4.58. The molecule has 0 bridgehead atoms. The molecule has 0 fully saturated rings. The van der Waals surface area contributed by atoms with Gasteiger partial charge >= 0.3 is 5.97 Å². The van der Waals surface area contributed by atoms with Gasteiger partial charge < -0.3 is 5.11 Å². The van der Waals surface area contributed by atoms with Crippen LogP contribution < -0.4 is 0 Å². The van der Waals surface area contributed by atoms with Crippen LogP contribution in [0.4, 0.5) is 8.78 Å². The third-order valence-electron chi connectivity index (χ3n) is 2.75. The monoisotopic (exact) mass is 290 g/mol. The molecule has 0 atom stereocenters. The molecule has 2 heterocycles. The highest BCUT2D eigenvalue weighted by Gasteiger charge is 2.13. The number of hydrogen-bond acceptors (Lipinski definition) is 4. The van der Waals surface area contributed by atoms with Crippen molar-refractivity contribution in [1.82, 2.24) is 19.6 Å². The van der Waals surface area contributed by atoms with Crippen LogP contribution in [0.1, 0.15) is 5.82 Å². The number of hydrogen-bond donors (Lipinski definition) is 1. The highest BCUT2D eigenvalue weighted by molar-refractivity contribution is 5.69. The summed E-state index contributed by atoms with van der Waals surface area (Å²) in [6.45, 7) is 0. The van der Waals surface area contributed by atoms with E-state index in [1.54, 1.807) is 0 Å². The third-order valence-corrected chi connectivity index (χ3v) is 2.75. The molecule has 0 amide bonds. The van der Waals surface area contributed by atoms with E-state index in [1.807, 2.05) is 0 Å². The maximum Gasteiger partial charge on any atom is 0.311 e. The van der Waals surface area contributed by atoms with Gasteiger partial charge in [-0.1, -0.05) is 0 Å². The first-order valence-corrected chi connectivity index (χ1v) is 5.92. The zero-order valence-corrected chi connectivity index (χ0v) is 10.5. The Balaban J connectivity index is 2.17. The topological polar surface area (TPSA) is 80.4 Å². The standard InChI is InChI=1S/C13H8F2N4O2/c14-8-3-7(4-9(15)5-8)10-1-2-16-13-17-11(6-12(20)21)18-19(10)13/h1-5H,6H2,(H,20,21). The van der Waals surface area contributed by atoms with Gasteiger partial charge in [0.15, 0.2) is 5.82 Å². The lowest BCUT2D eigenvalue weighted by Gasteiger charge is -2.04. The van der Waals surface area contributed by atoms with E-state index in [0.717, 1.165) is 18.2 Å². The van der Waals surface area contributed by atoms with E-state index >= 15 is 0 Å². The first kappa shape index (κ1) is 13.1. The van der Waals surface area contributed by atoms with Crippen LogP contribution >= 0.6 is 0 Å². The number of carboxylic acids is 1. The van der Waals surface area contributed by atoms with Crippen molar-refractivity contribution in [3.8, 4) is 11.3 Å². The van der Waals surface area contributed by atoms with Crippen LogP contribution in [0.2, 0.25) is 0 Å². The average molecular weight is 290 g/mol. The molecule has 3 aromatic rings. The summed E-state index contributed by atoms with van der Waals surface area (Å²) in [6.07, 6.45) is 1.05. The fourth-order valence-corrected chi connectivity index (χ4v) is 1.97. The van der Waals surface area contributed by atoms with E-state index in [9.17, 15) is 13.6 Å². The Labute approximate surface area is 116 Å². The number of aliphatic carboxylic acids is 1. The fraction of sp³-hybridized carbons (Fsp3) is 0.0769. The third kappa shape index (κ3) is 2.55. The largest absolute Gasteiger partial charge is 0.481 e. The van der Waals surface area contributed by atoms with Crippen LogP contribution in [-0.4, -0.2) is 30.7 Å². The number of halogens is 2. The molecule has 1 N–H and O–H groups in total. The Morgan fingerprint density at radius 3 is 2.62 bits per heavy atom. The molecule has 8 heteroatoms. The Hall–Kier alpha value is -2.90. The van der Waals surface area contributed by atoms with Crippen molar-refractivity contribution < 1.29 is 18.7 Å². The van der Waals surface area contributed by atoms with Crippen molar-refractivity contribution in [2.24, 2.45) is 0 Å².